The van der Waals surface area contributed by atoms with Crippen molar-refractivity contribution in [2.75, 3.05) is 0 Å². The van der Waals surface area contributed by atoms with E-state index in [1.54, 1.807) is 0 Å². The van der Waals surface area contributed by atoms with E-state index in [9.17, 15) is 14.4 Å². The molecule has 0 saturated heterocycles. The summed E-state index contributed by atoms with van der Waals surface area (Å²) in [6.45, 7) is 8.61. The van der Waals surface area contributed by atoms with Gasteiger partial charge in [-0.15, -0.1) is 0 Å². The Labute approximate surface area is 293 Å². The van der Waals surface area contributed by atoms with Gasteiger partial charge < -0.3 is 9.47 Å². The third-order valence-corrected chi connectivity index (χ3v) is 9.28. The van der Waals surface area contributed by atoms with Crippen molar-refractivity contribution in [3.05, 3.63) is 70.8 Å². The van der Waals surface area contributed by atoms with Crippen molar-refractivity contribution < 1.29 is 23.9 Å². The van der Waals surface area contributed by atoms with E-state index < -0.39 is 0 Å². The maximum absolute atomic E-state index is 12.8. The van der Waals surface area contributed by atoms with Crippen LogP contribution in [0.4, 0.5) is 0 Å². The lowest BCUT2D eigenvalue weighted by Gasteiger charge is -2.18. The first-order valence-corrected chi connectivity index (χ1v) is 19.3. The van der Waals surface area contributed by atoms with Crippen molar-refractivity contribution in [2.45, 2.75) is 181 Å². The van der Waals surface area contributed by atoms with E-state index in [0.717, 1.165) is 51.4 Å². The second kappa shape index (κ2) is 26.0. The highest BCUT2D eigenvalue weighted by atomic mass is 16.5. The van der Waals surface area contributed by atoms with Crippen LogP contribution in [0.5, 0.6) is 0 Å². The molecular weight excluding hydrogens is 596 g/mol. The SMILES string of the molecule is CCCCCCCC(CCCCCCC)OC(=O)CCCC(=O)CCCC(=O)OC(CCc1ccc(C)cc1)CCc1ccc(C)cc1. The maximum Gasteiger partial charge on any atom is 0.306 e. The van der Waals surface area contributed by atoms with Gasteiger partial charge in [0.15, 0.2) is 0 Å². The third kappa shape index (κ3) is 20.4. The van der Waals surface area contributed by atoms with Crippen molar-refractivity contribution >= 4 is 17.7 Å². The van der Waals surface area contributed by atoms with E-state index >= 15 is 0 Å². The molecule has 0 unspecified atom stereocenters. The minimum Gasteiger partial charge on any atom is -0.462 e. The van der Waals surface area contributed by atoms with Crippen LogP contribution in [0.2, 0.25) is 0 Å². The molecular formula is C43H66O5. The highest BCUT2D eigenvalue weighted by Gasteiger charge is 2.17. The molecule has 2 aromatic carbocycles. The number of carbonyl (C=O) groups excluding carboxylic acids is 3. The molecule has 0 amide bonds. The monoisotopic (exact) mass is 662 g/mol. The summed E-state index contributed by atoms with van der Waals surface area (Å²) in [7, 11) is 0. The number of Topliss-reactive ketones (excluding diaryl/α,β-unsaturated/α-hetero) is 1. The van der Waals surface area contributed by atoms with Gasteiger partial charge in [-0.3, -0.25) is 14.4 Å². The smallest absolute Gasteiger partial charge is 0.306 e. The van der Waals surface area contributed by atoms with Crippen molar-refractivity contribution in [3.8, 4) is 0 Å². The van der Waals surface area contributed by atoms with Gasteiger partial charge in [0.2, 0.25) is 0 Å². The van der Waals surface area contributed by atoms with E-state index in [0.29, 0.717) is 25.7 Å². The van der Waals surface area contributed by atoms with Crippen LogP contribution in [-0.2, 0) is 36.7 Å². The summed E-state index contributed by atoms with van der Waals surface area (Å²) in [5.41, 5.74) is 4.95. The van der Waals surface area contributed by atoms with Crippen molar-refractivity contribution in [3.63, 3.8) is 0 Å². The van der Waals surface area contributed by atoms with Gasteiger partial charge in [-0.05, 0) is 89.2 Å². The van der Waals surface area contributed by atoms with Gasteiger partial charge in [-0.1, -0.05) is 125 Å². The molecule has 0 heterocycles. The van der Waals surface area contributed by atoms with Crippen LogP contribution < -0.4 is 0 Å². The molecule has 0 fully saturated rings. The Balaban J connectivity index is 1.71. The molecule has 268 valence electrons. The number of rotatable bonds is 28. The van der Waals surface area contributed by atoms with E-state index in [4.69, 9.17) is 9.47 Å². The molecule has 48 heavy (non-hydrogen) atoms. The van der Waals surface area contributed by atoms with E-state index in [1.165, 1.54) is 73.6 Å². The predicted molar refractivity (Wildman–Crippen MR) is 198 cm³/mol. The highest BCUT2D eigenvalue weighted by Crippen LogP contribution is 2.19. The Morgan fingerprint density at radius 2 is 0.854 bits per heavy atom. The lowest BCUT2D eigenvalue weighted by Crippen LogP contribution is -2.20. The van der Waals surface area contributed by atoms with Crippen molar-refractivity contribution in [2.24, 2.45) is 0 Å². The van der Waals surface area contributed by atoms with Gasteiger partial charge in [-0.2, -0.15) is 0 Å². The van der Waals surface area contributed by atoms with Crippen LogP contribution in [0.3, 0.4) is 0 Å². The van der Waals surface area contributed by atoms with Crippen LogP contribution in [0.15, 0.2) is 48.5 Å². The standard InChI is InChI=1S/C43H66O5/c1-5-7-9-11-13-19-40(20-14-12-10-8-6-2)47-42(45)21-15-17-39(44)18-16-22-43(46)48-41(33-31-37-27-23-35(3)24-28-37)34-32-38-29-25-36(4)26-30-38/h23-30,40-41H,5-22,31-34H2,1-4H3. The molecule has 0 aromatic heterocycles. The molecule has 5 heteroatoms. The average Bonchev–Trinajstić information content (AvgIpc) is 3.07. The zero-order chi connectivity index (χ0) is 34.8. The Kier molecular flexibility index (Phi) is 22.3. The molecule has 2 aromatic rings. The fourth-order valence-electron chi connectivity index (χ4n) is 6.11. The second-order valence-electron chi connectivity index (χ2n) is 13.9. The predicted octanol–water partition coefficient (Wildman–Crippen LogP) is 11.3. The van der Waals surface area contributed by atoms with Gasteiger partial charge >= 0.3 is 11.9 Å². The fraction of sp³-hybridized carbons (Fsp3) is 0.651. The number of benzene rings is 2. The summed E-state index contributed by atoms with van der Waals surface area (Å²) in [5.74, 6) is -0.324. The summed E-state index contributed by atoms with van der Waals surface area (Å²) in [5, 5.41) is 0. The number of carbonyl (C=O) groups is 3. The number of hydrogen-bond donors (Lipinski definition) is 0. The normalized spacial score (nSPS) is 11.3. The largest absolute Gasteiger partial charge is 0.462 e. The lowest BCUT2D eigenvalue weighted by molar-refractivity contribution is -0.150. The van der Waals surface area contributed by atoms with Crippen LogP contribution in [0, 0.1) is 13.8 Å². The number of ketones is 1. The van der Waals surface area contributed by atoms with Crippen LogP contribution in [0.25, 0.3) is 0 Å². The summed E-state index contributed by atoms with van der Waals surface area (Å²) >= 11 is 0. The summed E-state index contributed by atoms with van der Waals surface area (Å²) in [6, 6.07) is 17.0. The first-order chi connectivity index (χ1) is 23.3. The highest BCUT2D eigenvalue weighted by molar-refractivity contribution is 5.80. The van der Waals surface area contributed by atoms with Crippen molar-refractivity contribution in [1.82, 2.24) is 0 Å². The maximum atomic E-state index is 12.8. The number of hydrogen-bond acceptors (Lipinski definition) is 5. The molecule has 0 atom stereocenters. The zero-order valence-corrected chi connectivity index (χ0v) is 30.9. The summed E-state index contributed by atoms with van der Waals surface area (Å²) < 4.78 is 11.8. The number of esters is 2. The molecule has 0 saturated carbocycles. The summed E-state index contributed by atoms with van der Waals surface area (Å²) in [6.07, 6.45) is 19.2. The molecule has 2 rings (SSSR count). The topological polar surface area (TPSA) is 69.7 Å². The summed E-state index contributed by atoms with van der Waals surface area (Å²) in [4.78, 5) is 38.0. The van der Waals surface area contributed by atoms with Gasteiger partial charge in [0.25, 0.3) is 0 Å². The number of aryl methyl sites for hydroxylation is 4. The van der Waals surface area contributed by atoms with Gasteiger partial charge in [0.1, 0.15) is 18.0 Å². The molecule has 0 spiro atoms. The van der Waals surface area contributed by atoms with Crippen LogP contribution in [-0.4, -0.2) is 29.9 Å². The Morgan fingerprint density at radius 3 is 1.25 bits per heavy atom. The lowest BCUT2D eigenvalue weighted by atomic mass is 10.00. The molecule has 0 aliphatic rings. The fourth-order valence-corrected chi connectivity index (χ4v) is 6.11. The Bertz CT molecular complexity index is 1070. The number of unbranched alkanes of at least 4 members (excludes halogenated alkanes) is 8. The average molecular weight is 663 g/mol. The van der Waals surface area contributed by atoms with E-state index in [1.807, 2.05) is 0 Å². The Hall–Kier alpha value is -2.95. The molecule has 0 N–H and O–H groups in total. The first kappa shape index (κ1) is 41.2. The molecule has 0 aliphatic heterocycles. The van der Waals surface area contributed by atoms with Crippen LogP contribution in [0.1, 0.15) is 165 Å². The minimum absolute atomic E-state index is 0.0000678. The molecule has 0 radical (unpaired) electrons. The quantitative estimate of drug-likeness (QED) is 0.0670. The minimum atomic E-state index is -0.236. The van der Waals surface area contributed by atoms with Gasteiger partial charge in [0, 0.05) is 25.7 Å². The first-order valence-electron chi connectivity index (χ1n) is 19.3. The Morgan fingerprint density at radius 1 is 0.479 bits per heavy atom. The molecule has 0 bridgehead atoms. The third-order valence-electron chi connectivity index (χ3n) is 9.28. The van der Waals surface area contributed by atoms with Crippen molar-refractivity contribution in [1.29, 1.82) is 0 Å². The van der Waals surface area contributed by atoms with E-state index in [-0.39, 0.29) is 42.8 Å². The van der Waals surface area contributed by atoms with Gasteiger partial charge in [0.05, 0.1) is 0 Å². The van der Waals surface area contributed by atoms with Crippen LogP contribution >= 0.6 is 0 Å². The van der Waals surface area contributed by atoms with E-state index in [2.05, 4.69) is 76.2 Å². The zero-order valence-electron chi connectivity index (χ0n) is 30.9. The molecule has 0 aliphatic carbocycles. The number of ether oxygens (including phenoxy) is 2. The molecule has 5 nitrogen and oxygen atoms in total. The van der Waals surface area contributed by atoms with Gasteiger partial charge in [-0.25, -0.2) is 0 Å². The second-order valence-corrected chi connectivity index (χ2v) is 13.9.